The fourth-order valence-corrected chi connectivity index (χ4v) is 5.53. The monoisotopic (exact) mass is 477 g/mol. The molecule has 0 bridgehead atoms. The normalized spacial score (nSPS) is 13.1. The smallest absolute Gasteiger partial charge is 0.265 e. The van der Waals surface area contributed by atoms with Crippen molar-refractivity contribution in [2.75, 3.05) is 23.8 Å². The van der Waals surface area contributed by atoms with E-state index in [9.17, 15) is 14.4 Å². The van der Waals surface area contributed by atoms with E-state index in [0.29, 0.717) is 38.9 Å². The van der Waals surface area contributed by atoms with Gasteiger partial charge in [0.2, 0.25) is 0 Å². The minimum Gasteiger partial charge on any atom is -0.482 e. The molecule has 0 radical (unpaired) electrons. The zero-order chi connectivity index (χ0) is 22.9. The minimum absolute atomic E-state index is 0.000200. The number of thiophene rings is 1. The standard InChI is InChI=1S/C24H19N3O4S2/c1-2-27-17-10-15(8-9-19(17)31-11-20(27)29)18(28)13-33-24-25-22(30)21-16(12-32-23(21)26-24)14-6-4-3-5-7-14/h3-10,12H,2,11,13H2,1H3,(H,25,26,30). The average molecular weight is 478 g/mol. The first-order valence-electron chi connectivity index (χ1n) is 10.4. The molecule has 0 aliphatic carbocycles. The Morgan fingerprint density at radius 2 is 2.03 bits per heavy atom. The number of benzene rings is 2. The second-order valence-corrected chi connectivity index (χ2v) is 9.21. The number of carbonyl (C=O) groups excluding carboxylic acids is 2. The van der Waals surface area contributed by atoms with Gasteiger partial charge >= 0.3 is 0 Å². The van der Waals surface area contributed by atoms with Crippen molar-refractivity contribution in [2.45, 2.75) is 12.1 Å². The van der Waals surface area contributed by atoms with Gasteiger partial charge in [0.25, 0.3) is 11.5 Å². The Morgan fingerprint density at radius 1 is 1.21 bits per heavy atom. The summed E-state index contributed by atoms with van der Waals surface area (Å²) in [5.74, 6) is 0.426. The van der Waals surface area contributed by atoms with E-state index in [-0.39, 0.29) is 29.6 Å². The molecule has 0 unspecified atom stereocenters. The molecule has 0 fully saturated rings. The lowest BCUT2D eigenvalue weighted by molar-refractivity contribution is -0.121. The maximum atomic E-state index is 12.8. The topological polar surface area (TPSA) is 92.4 Å². The van der Waals surface area contributed by atoms with Gasteiger partial charge in [-0.3, -0.25) is 14.4 Å². The third kappa shape index (κ3) is 4.05. The Morgan fingerprint density at radius 3 is 2.82 bits per heavy atom. The molecule has 9 heteroatoms. The number of anilines is 1. The number of ether oxygens (including phenoxy) is 1. The Kier molecular flexibility index (Phi) is 5.74. The van der Waals surface area contributed by atoms with Crippen molar-refractivity contribution in [3.8, 4) is 16.9 Å². The number of nitrogens with zero attached hydrogens (tertiary/aromatic N) is 2. The Balaban J connectivity index is 1.36. The zero-order valence-corrected chi connectivity index (χ0v) is 19.3. The molecule has 1 amide bonds. The van der Waals surface area contributed by atoms with Crippen LogP contribution in [0.5, 0.6) is 5.75 Å². The molecular weight excluding hydrogens is 458 g/mol. The summed E-state index contributed by atoms with van der Waals surface area (Å²) in [6, 6.07) is 14.8. The quantitative estimate of drug-likeness (QED) is 0.252. The number of carbonyl (C=O) groups is 2. The second kappa shape index (κ2) is 8.84. The van der Waals surface area contributed by atoms with Crippen LogP contribution in [0.2, 0.25) is 0 Å². The molecule has 0 spiro atoms. The van der Waals surface area contributed by atoms with Gasteiger partial charge in [0.05, 0.1) is 16.8 Å². The molecule has 166 valence electrons. The highest BCUT2D eigenvalue weighted by Crippen LogP contribution is 2.34. The Hall–Kier alpha value is -3.43. The maximum absolute atomic E-state index is 12.8. The van der Waals surface area contributed by atoms with Gasteiger partial charge in [-0.2, -0.15) is 0 Å². The molecule has 3 heterocycles. The third-order valence-corrected chi connectivity index (χ3v) is 7.13. The van der Waals surface area contributed by atoms with E-state index in [2.05, 4.69) is 9.97 Å². The van der Waals surface area contributed by atoms with Crippen molar-refractivity contribution in [3.05, 3.63) is 69.8 Å². The fourth-order valence-electron chi connectivity index (χ4n) is 3.77. The molecule has 7 nitrogen and oxygen atoms in total. The highest BCUT2D eigenvalue weighted by Gasteiger charge is 2.25. The highest BCUT2D eigenvalue weighted by molar-refractivity contribution is 7.99. The Labute approximate surface area is 197 Å². The lowest BCUT2D eigenvalue weighted by Gasteiger charge is -2.28. The lowest BCUT2D eigenvalue weighted by Crippen LogP contribution is -2.38. The van der Waals surface area contributed by atoms with Crippen LogP contribution >= 0.6 is 23.1 Å². The number of aromatic nitrogens is 2. The van der Waals surface area contributed by atoms with Crippen LogP contribution in [0.3, 0.4) is 0 Å². The largest absolute Gasteiger partial charge is 0.482 e. The lowest BCUT2D eigenvalue weighted by atomic mass is 10.1. The van der Waals surface area contributed by atoms with E-state index < -0.39 is 0 Å². The predicted octanol–water partition coefficient (Wildman–Crippen LogP) is 4.37. The van der Waals surface area contributed by atoms with Crippen LogP contribution < -0.4 is 15.2 Å². The number of amides is 1. The first-order chi connectivity index (χ1) is 16.0. The Bertz CT molecular complexity index is 1430. The summed E-state index contributed by atoms with van der Waals surface area (Å²) in [5.41, 5.74) is 2.66. The van der Waals surface area contributed by atoms with Crippen molar-refractivity contribution in [1.82, 2.24) is 9.97 Å². The van der Waals surface area contributed by atoms with Crippen molar-refractivity contribution in [3.63, 3.8) is 0 Å². The number of rotatable bonds is 6. The van der Waals surface area contributed by atoms with Gasteiger partial charge < -0.3 is 14.6 Å². The van der Waals surface area contributed by atoms with Crippen molar-refractivity contribution in [1.29, 1.82) is 0 Å². The van der Waals surface area contributed by atoms with Crippen LogP contribution in [0.1, 0.15) is 17.3 Å². The first-order valence-corrected chi connectivity index (χ1v) is 12.2. The molecule has 1 N–H and O–H groups in total. The number of thioether (sulfide) groups is 1. The van der Waals surface area contributed by atoms with E-state index in [0.717, 1.165) is 11.1 Å². The van der Waals surface area contributed by atoms with Crippen LogP contribution in [0.25, 0.3) is 21.3 Å². The summed E-state index contributed by atoms with van der Waals surface area (Å²) in [4.78, 5) is 47.3. The number of aromatic amines is 1. The van der Waals surface area contributed by atoms with Gasteiger partial charge in [0.1, 0.15) is 10.6 Å². The summed E-state index contributed by atoms with van der Waals surface area (Å²) in [6.45, 7) is 2.38. The molecule has 0 atom stereocenters. The van der Waals surface area contributed by atoms with Crippen molar-refractivity contribution < 1.29 is 14.3 Å². The molecule has 1 aliphatic rings. The van der Waals surface area contributed by atoms with Crippen LogP contribution in [-0.2, 0) is 4.79 Å². The van der Waals surface area contributed by atoms with Gasteiger partial charge in [0, 0.05) is 23.1 Å². The third-order valence-electron chi connectivity index (χ3n) is 5.39. The number of ketones is 1. The molecule has 5 rings (SSSR count). The number of H-pyrrole nitrogens is 1. The number of hydrogen-bond donors (Lipinski definition) is 1. The summed E-state index contributed by atoms with van der Waals surface area (Å²) < 4.78 is 5.46. The van der Waals surface area contributed by atoms with E-state index in [1.165, 1.54) is 23.1 Å². The fraction of sp³-hybridized carbons (Fsp3) is 0.167. The van der Waals surface area contributed by atoms with Crippen LogP contribution in [0.4, 0.5) is 5.69 Å². The van der Waals surface area contributed by atoms with Crippen molar-refractivity contribution in [2.24, 2.45) is 0 Å². The summed E-state index contributed by atoms with van der Waals surface area (Å²) in [6.07, 6.45) is 0. The summed E-state index contributed by atoms with van der Waals surface area (Å²) >= 11 is 2.59. The second-order valence-electron chi connectivity index (χ2n) is 7.39. The summed E-state index contributed by atoms with van der Waals surface area (Å²) in [7, 11) is 0. The molecule has 1 aliphatic heterocycles. The van der Waals surface area contributed by atoms with Crippen LogP contribution in [-0.4, -0.2) is 40.6 Å². The average Bonchev–Trinajstić information content (AvgIpc) is 3.27. The van der Waals surface area contributed by atoms with Gasteiger partial charge in [-0.15, -0.1) is 11.3 Å². The number of fused-ring (bicyclic) bond motifs is 2. The molecule has 0 saturated heterocycles. The number of hydrogen-bond acceptors (Lipinski definition) is 7. The van der Waals surface area contributed by atoms with E-state index in [1.807, 2.05) is 42.6 Å². The van der Waals surface area contributed by atoms with E-state index in [4.69, 9.17) is 4.74 Å². The van der Waals surface area contributed by atoms with Crippen LogP contribution in [0, 0.1) is 0 Å². The minimum atomic E-state index is -0.224. The number of likely N-dealkylation sites (N-methyl/N-ethyl adjacent to an activating group) is 1. The van der Waals surface area contributed by atoms with Crippen LogP contribution in [0.15, 0.2) is 63.9 Å². The van der Waals surface area contributed by atoms with Gasteiger partial charge in [-0.25, -0.2) is 4.98 Å². The molecule has 0 saturated carbocycles. The first kappa shape index (κ1) is 21.4. The molecule has 4 aromatic rings. The number of Topliss-reactive ketones (excluding diaryl/α,β-unsaturated/α-hetero) is 1. The van der Waals surface area contributed by atoms with Gasteiger partial charge in [-0.05, 0) is 30.7 Å². The number of nitrogens with one attached hydrogen (secondary N) is 1. The highest BCUT2D eigenvalue weighted by atomic mass is 32.2. The van der Waals surface area contributed by atoms with Gasteiger partial charge in [-0.1, -0.05) is 42.1 Å². The van der Waals surface area contributed by atoms with Crippen molar-refractivity contribution >= 4 is 50.7 Å². The molecule has 33 heavy (non-hydrogen) atoms. The predicted molar refractivity (Wildman–Crippen MR) is 131 cm³/mol. The summed E-state index contributed by atoms with van der Waals surface area (Å²) in [5, 5.41) is 2.88. The van der Waals surface area contributed by atoms with E-state index in [1.54, 1.807) is 23.1 Å². The SMILES string of the molecule is CCN1C(=O)COc2ccc(C(=O)CSc3nc4scc(-c5ccccc5)c4c(=O)[nH]3)cc21. The zero-order valence-electron chi connectivity index (χ0n) is 17.7. The molecular formula is C24H19N3O4S2. The van der Waals surface area contributed by atoms with E-state index >= 15 is 0 Å². The maximum Gasteiger partial charge on any atom is 0.265 e. The molecule has 2 aromatic heterocycles. The van der Waals surface area contributed by atoms with Gasteiger partial charge in [0.15, 0.2) is 17.5 Å². The molecule has 2 aromatic carbocycles.